The lowest BCUT2D eigenvalue weighted by Gasteiger charge is -2.11. The Morgan fingerprint density at radius 1 is 1.00 bits per heavy atom. The van der Waals surface area contributed by atoms with Gasteiger partial charge in [-0.15, -0.1) is 0 Å². The molecule has 1 aromatic heterocycles. The fraction of sp³-hybridized carbons (Fsp3) is 0.0952. The Balaban J connectivity index is 1.67. The minimum absolute atomic E-state index is 0.173. The van der Waals surface area contributed by atoms with Crippen LogP contribution in [0.5, 0.6) is 0 Å². The number of halogens is 4. The maximum atomic E-state index is 12.9. The monoisotopic (exact) mass is 498 g/mol. The maximum Gasteiger partial charge on any atom is 0.416 e. The summed E-state index contributed by atoms with van der Waals surface area (Å²) in [6.07, 6.45) is -4.60. The van der Waals surface area contributed by atoms with Crippen molar-refractivity contribution < 1.29 is 21.6 Å². The van der Waals surface area contributed by atoms with Crippen molar-refractivity contribution >= 4 is 48.9 Å². The van der Waals surface area contributed by atoms with Crippen LogP contribution in [0.4, 0.5) is 18.9 Å². The molecule has 5 nitrogen and oxygen atoms in total. The van der Waals surface area contributed by atoms with Crippen molar-refractivity contribution in [1.29, 1.82) is 0 Å². The average Bonchev–Trinajstić information content (AvgIpc) is 3.03. The molecule has 1 N–H and O–H groups in total. The van der Waals surface area contributed by atoms with E-state index in [4.69, 9.17) is 11.6 Å². The van der Waals surface area contributed by atoms with Crippen LogP contribution in [0.2, 0.25) is 5.02 Å². The van der Waals surface area contributed by atoms with Crippen molar-refractivity contribution in [2.75, 3.05) is 4.72 Å². The molecule has 0 unspecified atom stereocenters. The molecule has 0 aliphatic carbocycles. The van der Waals surface area contributed by atoms with E-state index >= 15 is 0 Å². The Morgan fingerprint density at radius 2 is 1.75 bits per heavy atom. The zero-order valence-corrected chi connectivity index (χ0v) is 18.4. The second kappa shape index (κ2) is 8.27. The number of hydrogen-bond donors (Lipinski definition) is 1. The van der Waals surface area contributed by atoms with Gasteiger partial charge in [-0.05, 0) is 48.0 Å². The molecule has 0 aliphatic heterocycles. The highest BCUT2D eigenvalue weighted by atomic mass is 35.5. The van der Waals surface area contributed by atoms with E-state index in [1.54, 1.807) is 24.3 Å². The van der Waals surface area contributed by atoms with E-state index in [-0.39, 0.29) is 22.0 Å². The predicted molar refractivity (Wildman–Crippen MR) is 119 cm³/mol. The van der Waals surface area contributed by atoms with Gasteiger partial charge in [0.05, 0.1) is 27.2 Å². The summed E-state index contributed by atoms with van der Waals surface area (Å²) in [5.41, 5.74) is 0.0734. The first-order chi connectivity index (χ1) is 15.0. The van der Waals surface area contributed by atoms with Crippen LogP contribution >= 0.6 is 22.9 Å². The lowest BCUT2D eigenvalue weighted by atomic mass is 10.2. The Bertz CT molecular complexity index is 1480. The standard InChI is InChI=1S/C21H14ClF3N2O3S2/c22-17-7-2-1-4-13(17)12-27-18-9-8-16(11-19(18)31-20(27)28)32(29,30)26-15-6-3-5-14(10-15)21(23,24)25/h1-11,26H,12H2. The van der Waals surface area contributed by atoms with Crippen LogP contribution in [-0.4, -0.2) is 13.0 Å². The van der Waals surface area contributed by atoms with Crippen molar-refractivity contribution in [3.8, 4) is 0 Å². The van der Waals surface area contributed by atoms with Crippen molar-refractivity contribution in [2.45, 2.75) is 17.6 Å². The first-order valence-corrected chi connectivity index (χ1v) is 11.8. The minimum Gasteiger partial charge on any atom is -0.294 e. The van der Waals surface area contributed by atoms with Gasteiger partial charge in [-0.1, -0.05) is 47.2 Å². The molecule has 0 amide bonds. The van der Waals surface area contributed by atoms with E-state index in [9.17, 15) is 26.4 Å². The normalized spacial score (nSPS) is 12.2. The van der Waals surface area contributed by atoms with Crippen LogP contribution in [0.25, 0.3) is 10.2 Å². The molecule has 4 rings (SSSR count). The first-order valence-electron chi connectivity index (χ1n) is 9.11. The van der Waals surface area contributed by atoms with Gasteiger partial charge in [0.15, 0.2) is 0 Å². The molecule has 0 aliphatic rings. The lowest BCUT2D eigenvalue weighted by molar-refractivity contribution is -0.137. The van der Waals surface area contributed by atoms with E-state index in [0.29, 0.717) is 21.3 Å². The predicted octanol–water partition coefficient (Wildman–Crippen LogP) is 5.58. The topological polar surface area (TPSA) is 68.2 Å². The zero-order chi connectivity index (χ0) is 23.1. The van der Waals surface area contributed by atoms with Crippen molar-refractivity contribution in [2.24, 2.45) is 0 Å². The Kier molecular flexibility index (Phi) is 5.78. The third-order valence-electron chi connectivity index (χ3n) is 4.68. The number of benzene rings is 3. The maximum absolute atomic E-state index is 12.9. The largest absolute Gasteiger partial charge is 0.416 e. The summed E-state index contributed by atoms with van der Waals surface area (Å²) in [7, 11) is -4.18. The van der Waals surface area contributed by atoms with Crippen molar-refractivity contribution in [3.05, 3.63) is 92.5 Å². The number of aromatic nitrogens is 1. The fourth-order valence-electron chi connectivity index (χ4n) is 3.13. The van der Waals surface area contributed by atoms with Gasteiger partial charge < -0.3 is 0 Å². The third kappa shape index (κ3) is 4.52. The number of thiazole rings is 1. The molecule has 32 heavy (non-hydrogen) atoms. The van der Waals surface area contributed by atoms with Crippen LogP contribution in [0.3, 0.4) is 0 Å². The Morgan fingerprint density at radius 3 is 2.47 bits per heavy atom. The smallest absolute Gasteiger partial charge is 0.294 e. The molecule has 0 saturated carbocycles. The fourth-order valence-corrected chi connectivity index (χ4v) is 5.41. The van der Waals surface area contributed by atoms with Crippen LogP contribution in [0, 0.1) is 0 Å². The number of alkyl halides is 3. The minimum atomic E-state index is -4.60. The molecular weight excluding hydrogens is 485 g/mol. The molecule has 0 bridgehead atoms. The van der Waals surface area contributed by atoms with Gasteiger partial charge in [0.25, 0.3) is 10.0 Å². The lowest BCUT2D eigenvalue weighted by Crippen LogP contribution is -2.15. The summed E-state index contributed by atoms with van der Waals surface area (Å²) in [5, 5.41) is 0.503. The van der Waals surface area contributed by atoms with Crippen LogP contribution in [0.1, 0.15) is 11.1 Å². The van der Waals surface area contributed by atoms with E-state index in [1.807, 2.05) is 0 Å². The third-order valence-corrected chi connectivity index (χ3v) is 7.37. The SMILES string of the molecule is O=c1sc2cc(S(=O)(=O)Nc3cccc(C(F)(F)F)c3)ccc2n1Cc1ccccc1Cl. The van der Waals surface area contributed by atoms with Crippen LogP contribution < -0.4 is 9.60 Å². The molecule has 3 aromatic carbocycles. The molecule has 11 heteroatoms. The van der Waals surface area contributed by atoms with Crippen LogP contribution in [0.15, 0.2) is 76.4 Å². The highest BCUT2D eigenvalue weighted by molar-refractivity contribution is 7.92. The quantitative estimate of drug-likeness (QED) is 0.390. The van der Waals surface area contributed by atoms with E-state index in [0.717, 1.165) is 29.0 Å². The molecule has 0 saturated heterocycles. The summed E-state index contributed by atoms with van der Waals surface area (Å²) >= 11 is 7.05. The number of anilines is 1. The van der Waals surface area contributed by atoms with Crippen LogP contribution in [-0.2, 0) is 22.7 Å². The van der Waals surface area contributed by atoms with Gasteiger partial charge in [0, 0.05) is 10.7 Å². The van der Waals surface area contributed by atoms with E-state index in [1.165, 1.54) is 28.8 Å². The molecule has 4 aromatic rings. The highest BCUT2D eigenvalue weighted by Gasteiger charge is 2.30. The number of nitrogens with one attached hydrogen (secondary N) is 1. The summed E-state index contributed by atoms with van der Waals surface area (Å²) in [5.74, 6) is 0. The average molecular weight is 499 g/mol. The number of nitrogens with zero attached hydrogens (tertiary/aromatic N) is 1. The van der Waals surface area contributed by atoms with E-state index in [2.05, 4.69) is 4.72 Å². The Hall–Kier alpha value is -2.82. The number of fused-ring (bicyclic) bond motifs is 1. The molecule has 0 fully saturated rings. The summed E-state index contributed by atoms with van der Waals surface area (Å²) in [4.78, 5) is 12.0. The van der Waals surface area contributed by atoms with Gasteiger partial charge in [-0.2, -0.15) is 13.2 Å². The van der Waals surface area contributed by atoms with Gasteiger partial charge in [-0.25, -0.2) is 8.42 Å². The Labute approximate surface area is 189 Å². The second-order valence-corrected chi connectivity index (χ2v) is 9.94. The molecule has 166 valence electrons. The molecule has 1 heterocycles. The number of sulfonamides is 1. The molecule has 0 spiro atoms. The van der Waals surface area contributed by atoms with Gasteiger partial charge in [0.1, 0.15) is 0 Å². The van der Waals surface area contributed by atoms with Gasteiger partial charge >= 0.3 is 11.0 Å². The van der Waals surface area contributed by atoms with E-state index < -0.39 is 21.8 Å². The first kappa shape index (κ1) is 22.4. The summed E-state index contributed by atoms with van der Waals surface area (Å²) in [6, 6.07) is 15.1. The van der Waals surface area contributed by atoms with Gasteiger partial charge in [0.2, 0.25) is 0 Å². The summed E-state index contributed by atoms with van der Waals surface area (Å²) < 4.78 is 68.3. The van der Waals surface area contributed by atoms with Crippen molar-refractivity contribution in [3.63, 3.8) is 0 Å². The van der Waals surface area contributed by atoms with Crippen molar-refractivity contribution in [1.82, 2.24) is 4.57 Å². The molecular formula is C21H14ClF3N2O3S2. The highest BCUT2D eigenvalue weighted by Crippen LogP contribution is 2.31. The summed E-state index contributed by atoms with van der Waals surface area (Å²) in [6.45, 7) is 0.215. The zero-order valence-electron chi connectivity index (χ0n) is 16.1. The second-order valence-electron chi connectivity index (χ2n) is 6.86. The molecule has 0 radical (unpaired) electrons. The van der Waals surface area contributed by atoms with Gasteiger partial charge in [-0.3, -0.25) is 14.1 Å². The molecule has 0 atom stereocenters. The number of rotatable bonds is 5. The number of hydrogen-bond acceptors (Lipinski definition) is 4.